The molecule has 1 saturated carbocycles. The van der Waals surface area contributed by atoms with Gasteiger partial charge in [-0.1, -0.05) is 32.1 Å². The molecule has 3 heteroatoms. The molecular weight excluding hydrogens is 210 g/mol. The second kappa shape index (κ2) is 6.49. The minimum atomic E-state index is 0. The summed E-state index contributed by atoms with van der Waals surface area (Å²) in [6.45, 7) is 0.913. The average Bonchev–Trinajstić information content (AvgIpc) is 2.19. The third-order valence-electron chi connectivity index (χ3n) is 3.65. The zero-order chi connectivity index (χ0) is 9.80. The van der Waals surface area contributed by atoms with Crippen molar-refractivity contribution in [1.82, 2.24) is 5.32 Å². The number of Topliss-reactive ketones (excluding diaryl/α,β-unsaturated/α-hetero) is 1. The molecule has 1 N–H and O–H groups in total. The molecule has 0 aromatic rings. The summed E-state index contributed by atoms with van der Waals surface area (Å²) in [7, 11) is 0. The van der Waals surface area contributed by atoms with Crippen LogP contribution in [0, 0.1) is 5.92 Å². The van der Waals surface area contributed by atoms with Gasteiger partial charge in [-0.05, 0) is 12.3 Å². The third kappa shape index (κ3) is 4.12. The maximum absolute atomic E-state index is 11.3. The molecule has 0 radical (unpaired) electrons. The largest absolute Gasteiger partial charge is 0.313 e. The fourth-order valence-electron chi connectivity index (χ4n) is 2.86. The van der Waals surface area contributed by atoms with Crippen molar-refractivity contribution in [2.45, 2.75) is 57.4 Å². The lowest BCUT2D eigenvalue weighted by atomic mass is 9.83. The lowest BCUT2D eigenvalue weighted by Gasteiger charge is -2.29. The van der Waals surface area contributed by atoms with Gasteiger partial charge in [0.1, 0.15) is 5.78 Å². The topological polar surface area (TPSA) is 29.1 Å². The molecular formula is C12H22ClNO. The predicted octanol–water partition coefficient (Wildman–Crippen LogP) is 2.70. The first-order valence-corrected chi connectivity index (χ1v) is 6.09. The summed E-state index contributed by atoms with van der Waals surface area (Å²) < 4.78 is 0. The zero-order valence-electron chi connectivity index (χ0n) is 9.34. The molecule has 2 nitrogen and oxygen atoms in total. The SMILES string of the molecule is Cl.O=C1CCNC(CC2CCCCC2)C1. The van der Waals surface area contributed by atoms with Crippen LogP contribution in [0.3, 0.4) is 0 Å². The molecule has 0 aromatic heterocycles. The van der Waals surface area contributed by atoms with Gasteiger partial charge >= 0.3 is 0 Å². The second-order valence-electron chi connectivity index (χ2n) is 4.88. The molecule has 0 spiro atoms. The second-order valence-corrected chi connectivity index (χ2v) is 4.88. The number of ketones is 1. The van der Waals surface area contributed by atoms with Gasteiger partial charge in [0.15, 0.2) is 0 Å². The van der Waals surface area contributed by atoms with Gasteiger partial charge in [-0.25, -0.2) is 0 Å². The highest BCUT2D eigenvalue weighted by Gasteiger charge is 2.23. The summed E-state index contributed by atoms with van der Waals surface area (Å²) in [4.78, 5) is 11.3. The van der Waals surface area contributed by atoms with Crippen LogP contribution in [0.2, 0.25) is 0 Å². The van der Waals surface area contributed by atoms with Gasteiger partial charge in [0.05, 0.1) is 0 Å². The van der Waals surface area contributed by atoms with Gasteiger partial charge in [0.25, 0.3) is 0 Å². The molecule has 15 heavy (non-hydrogen) atoms. The highest BCUT2D eigenvalue weighted by Crippen LogP contribution is 2.28. The molecule has 0 bridgehead atoms. The number of halogens is 1. The van der Waals surface area contributed by atoms with Crippen LogP contribution in [-0.4, -0.2) is 18.4 Å². The fraction of sp³-hybridized carbons (Fsp3) is 0.917. The summed E-state index contributed by atoms with van der Waals surface area (Å²) in [6, 6.07) is 0.499. The number of carbonyl (C=O) groups is 1. The molecule has 2 rings (SSSR count). The van der Waals surface area contributed by atoms with E-state index in [4.69, 9.17) is 0 Å². The van der Waals surface area contributed by atoms with Gasteiger partial charge in [-0.3, -0.25) is 4.79 Å². The van der Waals surface area contributed by atoms with E-state index in [0.29, 0.717) is 11.8 Å². The van der Waals surface area contributed by atoms with Crippen molar-refractivity contribution < 1.29 is 4.79 Å². The molecule has 1 saturated heterocycles. The molecule has 1 heterocycles. The number of piperidine rings is 1. The fourth-order valence-corrected chi connectivity index (χ4v) is 2.86. The normalized spacial score (nSPS) is 28.5. The van der Waals surface area contributed by atoms with Crippen molar-refractivity contribution in [3.8, 4) is 0 Å². The number of rotatable bonds is 2. The minimum absolute atomic E-state index is 0. The summed E-state index contributed by atoms with van der Waals surface area (Å²) in [5.41, 5.74) is 0. The first kappa shape index (κ1) is 13.0. The Hall–Kier alpha value is -0.0800. The van der Waals surface area contributed by atoms with E-state index in [0.717, 1.165) is 25.3 Å². The number of hydrogen-bond donors (Lipinski definition) is 1. The van der Waals surface area contributed by atoms with Crippen LogP contribution in [0.25, 0.3) is 0 Å². The zero-order valence-corrected chi connectivity index (χ0v) is 10.2. The van der Waals surface area contributed by atoms with Crippen molar-refractivity contribution in [2.75, 3.05) is 6.54 Å². The Morgan fingerprint density at radius 3 is 2.60 bits per heavy atom. The third-order valence-corrected chi connectivity index (χ3v) is 3.65. The Bertz CT molecular complexity index is 202. The van der Waals surface area contributed by atoms with Crippen LogP contribution in [0.5, 0.6) is 0 Å². The van der Waals surface area contributed by atoms with Crippen LogP contribution in [0.1, 0.15) is 51.4 Å². The van der Waals surface area contributed by atoms with Crippen molar-refractivity contribution in [2.24, 2.45) is 5.92 Å². The average molecular weight is 232 g/mol. The Labute approximate surface area is 98.6 Å². The molecule has 1 unspecified atom stereocenters. The van der Waals surface area contributed by atoms with E-state index in [1.54, 1.807) is 0 Å². The maximum Gasteiger partial charge on any atom is 0.135 e. The predicted molar refractivity (Wildman–Crippen MR) is 64.5 cm³/mol. The van der Waals surface area contributed by atoms with Gasteiger partial charge in [0, 0.05) is 25.4 Å². The molecule has 0 amide bonds. The monoisotopic (exact) mass is 231 g/mol. The van der Waals surface area contributed by atoms with Crippen molar-refractivity contribution in [3.63, 3.8) is 0 Å². The highest BCUT2D eigenvalue weighted by atomic mass is 35.5. The molecule has 88 valence electrons. The van der Waals surface area contributed by atoms with Crippen molar-refractivity contribution in [1.29, 1.82) is 0 Å². The van der Waals surface area contributed by atoms with E-state index >= 15 is 0 Å². The van der Waals surface area contributed by atoms with E-state index in [-0.39, 0.29) is 12.4 Å². The smallest absolute Gasteiger partial charge is 0.135 e. The van der Waals surface area contributed by atoms with Crippen LogP contribution in [0.4, 0.5) is 0 Å². The van der Waals surface area contributed by atoms with E-state index in [2.05, 4.69) is 5.32 Å². The summed E-state index contributed by atoms with van der Waals surface area (Å²) >= 11 is 0. The molecule has 0 aromatic carbocycles. The van der Waals surface area contributed by atoms with Gasteiger partial charge in [-0.15, -0.1) is 12.4 Å². The summed E-state index contributed by atoms with van der Waals surface area (Å²) in [5, 5.41) is 3.48. The Kier molecular flexibility index (Phi) is 5.62. The minimum Gasteiger partial charge on any atom is -0.313 e. The van der Waals surface area contributed by atoms with Crippen molar-refractivity contribution in [3.05, 3.63) is 0 Å². The van der Waals surface area contributed by atoms with Crippen LogP contribution < -0.4 is 5.32 Å². The molecule has 1 aliphatic heterocycles. The van der Waals surface area contributed by atoms with Gasteiger partial charge < -0.3 is 5.32 Å². The Morgan fingerprint density at radius 2 is 1.93 bits per heavy atom. The first-order chi connectivity index (χ1) is 6.84. The van der Waals surface area contributed by atoms with Gasteiger partial charge in [-0.2, -0.15) is 0 Å². The van der Waals surface area contributed by atoms with Crippen molar-refractivity contribution >= 4 is 18.2 Å². The van der Waals surface area contributed by atoms with E-state index in [1.165, 1.54) is 38.5 Å². The van der Waals surface area contributed by atoms with Crippen LogP contribution in [0.15, 0.2) is 0 Å². The lowest BCUT2D eigenvalue weighted by Crippen LogP contribution is -2.39. The standard InChI is InChI=1S/C12H21NO.ClH/c14-12-6-7-13-11(9-12)8-10-4-2-1-3-5-10;/h10-11,13H,1-9H2;1H. The molecule has 2 fully saturated rings. The van der Waals surface area contributed by atoms with E-state index in [9.17, 15) is 4.79 Å². The Balaban J connectivity index is 0.00000112. The maximum atomic E-state index is 11.3. The first-order valence-electron chi connectivity index (χ1n) is 6.09. The summed E-state index contributed by atoms with van der Waals surface area (Å²) in [6.07, 6.45) is 9.81. The molecule has 1 aliphatic carbocycles. The summed E-state index contributed by atoms with van der Waals surface area (Å²) in [5.74, 6) is 1.36. The van der Waals surface area contributed by atoms with E-state index in [1.807, 2.05) is 0 Å². The van der Waals surface area contributed by atoms with Gasteiger partial charge in [0.2, 0.25) is 0 Å². The molecule has 2 aliphatic rings. The van der Waals surface area contributed by atoms with Crippen LogP contribution in [-0.2, 0) is 4.79 Å². The highest BCUT2D eigenvalue weighted by molar-refractivity contribution is 5.85. The Morgan fingerprint density at radius 1 is 1.20 bits per heavy atom. The van der Waals surface area contributed by atoms with E-state index < -0.39 is 0 Å². The number of nitrogens with one attached hydrogen (secondary N) is 1. The number of carbonyl (C=O) groups excluding carboxylic acids is 1. The number of hydrogen-bond acceptors (Lipinski definition) is 2. The molecule has 1 atom stereocenters. The lowest BCUT2D eigenvalue weighted by molar-refractivity contribution is -0.120. The van der Waals surface area contributed by atoms with Crippen LogP contribution >= 0.6 is 12.4 Å². The quantitative estimate of drug-likeness (QED) is 0.792.